The van der Waals surface area contributed by atoms with Gasteiger partial charge in [-0.15, -0.1) is 21.9 Å². The van der Waals surface area contributed by atoms with Gasteiger partial charge in [-0.05, 0) is 89.1 Å². The van der Waals surface area contributed by atoms with Gasteiger partial charge in [-0.25, -0.2) is 0 Å². The molecule has 1 heterocycles. The van der Waals surface area contributed by atoms with Crippen LogP contribution < -0.4 is 65.6 Å². The fraction of sp³-hybridized carbons (Fsp3) is 0.188. The van der Waals surface area contributed by atoms with Gasteiger partial charge in [0.15, 0.2) is 0 Å². The molecule has 2 nitrogen and oxygen atoms in total. The lowest BCUT2D eigenvalue weighted by atomic mass is 9.56. The van der Waals surface area contributed by atoms with Crippen LogP contribution in [0.15, 0.2) is 36.4 Å². The van der Waals surface area contributed by atoms with Crippen LogP contribution in [0.5, 0.6) is 0 Å². The van der Waals surface area contributed by atoms with Crippen LogP contribution in [-0.2, 0) is 9.31 Å². The average molecular weight is 586 g/mol. The molecular weight excluding hydrogens is 546 g/mol. The van der Waals surface area contributed by atoms with Crippen molar-refractivity contribution in [3.63, 3.8) is 0 Å². The lowest BCUT2D eigenvalue weighted by molar-refractivity contribution is 0.00578. The Morgan fingerprint density at radius 3 is 1.30 bits per heavy atom. The highest BCUT2D eigenvalue weighted by Crippen LogP contribution is 2.37. The summed E-state index contributed by atoms with van der Waals surface area (Å²) in [7, 11) is 24.6. The van der Waals surface area contributed by atoms with E-state index in [0.29, 0.717) is 0 Å². The van der Waals surface area contributed by atoms with Gasteiger partial charge in [-0.1, -0.05) is 62.5 Å². The van der Waals surface area contributed by atoms with Crippen LogP contribution in [0.25, 0.3) is 43.8 Å². The Morgan fingerprint density at radius 2 is 0.804 bits per heavy atom. The molecule has 1 aliphatic rings. The number of hydrogen-bond acceptors (Lipinski definition) is 2. The number of rotatable bonds is 3. The van der Waals surface area contributed by atoms with Crippen LogP contribution in [0.1, 0.15) is 27.7 Å². The van der Waals surface area contributed by atoms with Gasteiger partial charge in [0, 0.05) is 0 Å². The maximum absolute atomic E-state index is 6.67. The molecule has 0 N–H and O–H groups in total. The summed E-state index contributed by atoms with van der Waals surface area (Å²) in [5, 5.41) is 5.34. The molecule has 46 heavy (non-hydrogen) atoms. The lowest BCUT2D eigenvalue weighted by Gasteiger charge is -2.32. The highest BCUT2D eigenvalue weighted by Gasteiger charge is 2.52. The van der Waals surface area contributed by atoms with E-state index < -0.39 is 18.3 Å². The summed E-state index contributed by atoms with van der Waals surface area (Å²) in [5.41, 5.74) is 20.4. The molecule has 0 saturated carbocycles. The molecule has 0 unspecified atom stereocenters. The Morgan fingerprint density at radius 1 is 0.435 bits per heavy atom. The Kier molecular flexibility index (Phi) is 8.09. The molecule has 14 heteroatoms. The molecule has 0 bridgehead atoms. The quantitative estimate of drug-likeness (QED) is 0.196. The van der Waals surface area contributed by atoms with Crippen molar-refractivity contribution < 1.29 is 9.31 Å². The molecule has 0 atom stereocenters. The summed E-state index contributed by atoms with van der Waals surface area (Å²) in [6.07, 6.45) is 0. The van der Waals surface area contributed by atoms with Crippen molar-refractivity contribution in [2.45, 2.75) is 38.9 Å². The van der Waals surface area contributed by atoms with Gasteiger partial charge in [0.25, 0.3) is 0 Å². The monoisotopic (exact) mass is 588 g/mol. The molecule has 6 rings (SSSR count). The van der Waals surface area contributed by atoms with E-state index in [-0.39, 0.29) is 0 Å². The maximum atomic E-state index is 6.67. The predicted octanol–water partition coefficient (Wildman–Crippen LogP) is -11.5. The van der Waals surface area contributed by atoms with Crippen molar-refractivity contribution in [1.82, 2.24) is 0 Å². The molecule has 0 radical (unpaired) electrons. The molecule has 1 aliphatic heterocycles. The number of fused-ring (bicyclic) bond motifs is 2. The number of benzene rings is 5. The first-order valence-electron chi connectivity index (χ1n) is 16.9. The van der Waals surface area contributed by atoms with Crippen molar-refractivity contribution in [3.8, 4) is 22.3 Å². The van der Waals surface area contributed by atoms with Gasteiger partial charge >= 0.3 is 7.12 Å². The summed E-state index contributed by atoms with van der Waals surface area (Å²) in [6, 6.07) is 14.0. The van der Waals surface area contributed by atoms with Gasteiger partial charge in [0.2, 0.25) is 0 Å². The molecule has 216 valence electrons. The third-order valence-corrected chi connectivity index (χ3v) is 12.4. The number of hydrogen-bond donors (Lipinski definition) is 0. The van der Waals surface area contributed by atoms with Crippen LogP contribution in [-0.4, -0.2) is 105 Å². The summed E-state index contributed by atoms with van der Waals surface area (Å²) < 4.78 is 13.3. The third-order valence-electron chi connectivity index (χ3n) is 12.4. The van der Waals surface area contributed by atoms with Gasteiger partial charge < -0.3 is 9.31 Å². The molecule has 5 aromatic carbocycles. The van der Waals surface area contributed by atoms with Crippen molar-refractivity contribution in [2.24, 2.45) is 0 Å². The fourth-order valence-corrected chi connectivity index (χ4v) is 7.99. The topological polar surface area (TPSA) is 18.5 Å². The first-order valence-corrected chi connectivity index (χ1v) is 16.9. The van der Waals surface area contributed by atoms with E-state index >= 15 is 0 Å². The van der Waals surface area contributed by atoms with E-state index in [1.54, 1.807) is 0 Å². The second kappa shape index (κ2) is 11.2. The molecule has 0 aliphatic carbocycles. The van der Waals surface area contributed by atoms with E-state index in [1.165, 1.54) is 104 Å². The molecule has 0 amide bonds. The predicted molar refractivity (Wildman–Crippen MR) is 238 cm³/mol. The van der Waals surface area contributed by atoms with Gasteiger partial charge in [-0.2, -0.15) is 0 Å². The van der Waals surface area contributed by atoms with E-state index in [9.17, 15) is 0 Å². The second-order valence-electron chi connectivity index (χ2n) is 15.2. The van der Waals surface area contributed by atoms with Crippen LogP contribution in [0, 0.1) is 0 Å². The van der Waals surface area contributed by atoms with Crippen molar-refractivity contribution >= 4 is 181 Å². The summed E-state index contributed by atoms with van der Waals surface area (Å²) >= 11 is 0. The minimum Gasteiger partial charge on any atom is -0.399 e. The molecule has 0 spiro atoms. The standard InChI is InChI=1S/C32H40B12O2/c1-31(2)32(3,4)46-44(45-31)30-16(21(35)25(39)28(42)29(30)43)14-8-6-11-9-13(7-5-12(11)10-14)15-19(33)17-18(22(36)20(15)34)24(38)27(41)26(40)23(17)37/h5-10H,33-43H2,1-4H3. The van der Waals surface area contributed by atoms with Gasteiger partial charge in [0.05, 0.1) is 11.2 Å². The van der Waals surface area contributed by atoms with Gasteiger partial charge in [-0.3, -0.25) is 0 Å². The maximum Gasteiger partial charge on any atom is 0.494 e. The van der Waals surface area contributed by atoms with Crippen LogP contribution in [0.3, 0.4) is 0 Å². The molecule has 1 fully saturated rings. The van der Waals surface area contributed by atoms with E-state index in [1.807, 2.05) is 0 Å². The molecule has 0 aromatic heterocycles. The van der Waals surface area contributed by atoms with E-state index in [2.05, 4.69) is 150 Å². The van der Waals surface area contributed by atoms with E-state index in [0.717, 1.165) is 5.46 Å². The first-order chi connectivity index (χ1) is 21.4. The second-order valence-corrected chi connectivity index (χ2v) is 15.2. The molecule has 5 aromatic rings. The third kappa shape index (κ3) is 4.80. The molecular formula is C32H40B12O2. The Hall–Kier alpha value is -2.68. The van der Waals surface area contributed by atoms with Crippen molar-refractivity contribution in [3.05, 3.63) is 36.4 Å². The van der Waals surface area contributed by atoms with Crippen LogP contribution in [0.4, 0.5) is 0 Å². The zero-order chi connectivity index (χ0) is 33.8. The highest BCUT2D eigenvalue weighted by molar-refractivity contribution is 6.76. The summed E-state index contributed by atoms with van der Waals surface area (Å²) in [6.45, 7) is 8.53. The highest BCUT2D eigenvalue weighted by atomic mass is 16.7. The van der Waals surface area contributed by atoms with Crippen LogP contribution >= 0.6 is 0 Å². The Bertz CT molecular complexity index is 2130. The Labute approximate surface area is 286 Å². The minimum atomic E-state index is -0.419. The minimum absolute atomic E-state index is 0.403. The average Bonchev–Trinajstić information content (AvgIpc) is 3.22. The van der Waals surface area contributed by atoms with Gasteiger partial charge in [0.1, 0.15) is 86.3 Å². The summed E-state index contributed by atoms with van der Waals surface area (Å²) in [5.74, 6) is 0. The molecule has 1 saturated heterocycles. The summed E-state index contributed by atoms with van der Waals surface area (Å²) in [4.78, 5) is 0. The normalized spacial score (nSPS) is 15.6. The zero-order valence-electron chi connectivity index (χ0n) is 30.9. The lowest BCUT2D eigenvalue weighted by Crippen LogP contribution is -2.60. The van der Waals surface area contributed by atoms with E-state index in [4.69, 9.17) is 9.31 Å². The van der Waals surface area contributed by atoms with Crippen molar-refractivity contribution in [2.75, 3.05) is 0 Å². The smallest absolute Gasteiger partial charge is 0.399 e. The first kappa shape index (κ1) is 33.2. The zero-order valence-corrected chi connectivity index (χ0v) is 30.9. The van der Waals surface area contributed by atoms with Crippen LogP contribution in [0.2, 0.25) is 0 Å². The van der Waals surface area contributed by atoms with Crippen molar-refractivity contribution in [1.29, 1.82) is 0 Å². The fourth-order valence-electron chi connectivity index (χ4n) is 7.99. The largest absolute Gasteiger partial charge is 0.494 e. The SMILES string of the molecule is Bc1c(B)c(B)c(-c2ccc3cc(-c4c(B)c(B)c5c(B)c(B)c(B)c(B)c5c4B)ccc3c2)c(B2OC(C)(C)C(C)(C)O2)c1B. The Balaban J connectivity index is 1.53.